The Hall–Kier alpha value is -1.43. The highest BCUT2D eigenvalue weighted by atomic mass is 32.1. The van der Waals surface area contributed by atoms with Crippen LogP contribution in [0.25, 0.3) is 11.5 Å². The summed E-state index contributed by atoms with van der Waals surface area (Å²) in [6, 6.07) is 2.02. The normalized spacial score (nSPS) is 11.4. The van der Waals surface area contributed by atoms with Crippen LogP contribution in [0.4, 0.5) is 0 Å². The van der Waals surface area contributed by atoms with Crippen LogP contribution >= 0.6 is 12.2 Å². The third-order valence-corrected chi connectivity index (χ3v) is 2.96. The van der Waals surface area contributed by atoms with Crippen LogP contribution in [0.1, 0.15) is 19.5 Å². The van der Waals surface area contributed by atoms with Crippen molar-refractivity contribution in [3.63, 3.8) is 0 Å². The summed E-state index contributed by atoms with van der Waals surface area (Å²) in [6.07, 6.45) is 0. The lowest BCUT2D eigenvalue weighted by Gasteiger charge is -2.07. The third-order valence-electron chi connectivity index (χ3n) is 2.65. The number of H-pyrrole nitrogens is 1. The average Bonchev–Trinajstić information content (AvgIpc) is 2.73. The molecule has 2 aromatic heterocycles. The zero-order valence-electron chi connectivity index (χ0n) is 10.6. The summed E-state index contributed by atoms with van der Waals surface area (Å²) in [5.74, 6) is 1.33. The standard InChI is InChI=1S/C11H17N5S/c1-7(2)6-16-10(12-13-11(16)17)9-5-8(3)15(4)14-9/h5,7H,6H2,1-4H3,(H,13,17). The molecule has 0 unspecified atom stereocenters. The molecule has 0 saturated carbocycles. The van der Waals surface area contributed by atoms with E-state index in [1.807, 2.05) is 29.3 Å². The van der Waals surface area contributed by atoms with Gasteiger partial charge in [-0.1, -0.05) is 13.8 Å². The molecule has 0 amide bonds. The van der Waals surface area contributed by atoms with Crippen LogP contribution in [0.15, 0.2) is 6.07 Å². The molecule has 1 N–H and O–H groups in total. The molecular formula is C11H17N5S. The Balaban J connectivity index is 2.48. The van der Waals surface area contributed by atoms with E-state index >= 15 is 0 Å². The molecule has 2 aromatic rings. The first kappa shape index (κ1) is 12.0. The number of aryl methyl sites for hydroxylation is 2. The van der Waals surface area contributed by atoms with Gasteiger partial charge in [0, 0.05) is 19.3 Å². The van der Waals surface area contributed by atoms with Crippen molar-refractivity contribution < 1.29 is 0 Å². The number of rotatable bonds is 3. The van der Waals surface area contributed by atoms with E-state index < -0.39 is 0 Å². The monoisotopic (exact) mass is 251 g/mol. The minimum absolute atomic E-state index is 0.517. The van der Waals surface area contributed by atoms with E-state index in [-0.39, 0.29) is 0 Å². The molecular weight excluding hydrogens is 234 g/mol. The fraction of sp³-hybridized carbons (Fsp3) is 0.545. The van der Waals surface area contributed by atoms with Gasteiger partial charge < -0.3 is 0 Å². The van der Waals surface area contributed by atoms with Crippen LogP contribution in [-0.4, -0.2) is 24.5 Å². The summed E-state index contributed by atoms with van der Waals surface area (Å²) in [5.41, 5.74) is 1.96. The van der Waals surface area contributed by atoms with Crippen molar-refractivity contribution in [3.8, 4) is 11.5 Å². The Kier molecular flexibility index (Phi) is 3.15. The van der Waals surface area contributed by atoms with Crippen molar-refractivity contribution in [3.05, 3.63) is 16.5 Å². The number of nitrogens with one attached hydrogen (secondary N) is 1. The van der Waals surface area contributed by atoms with Gasteiger partial charge >= 0.3 is 0 Å². The molecule has 0 aromatic carbocycles. The van der Waals surface area contributed by atoms with Gasteiger partial charge in [0.1, 0.15) is 5.69 Å². The topological polar surface area (TPSA) is 51.4 Å². The first-order valence-corrected chi connectivity index (χ1v) is 6.06. The van der Waals surface area contributed by atoms with Gasteiger partial charge in [0.05, 0.1) is 0 Å². The summed E-state index contributed by atoms with van der Waals surface area (Å²) in [5, 5.41) is 11.5. The summed E-state index contributed by atoms with van der Waals surface area (Å²) in [6.45, 7) is 7.18. The quantitative estimate of drug-likeness (QED) is 0.852. The molecule has 0 aliphatic heterocycles. The predicted molar refractivity (Wildman–Crippen MR) is 69.2 cm³/mol. The van der Waals surface area contributed by atoms with Gasteiger partial charge in [-0.15, -0.1) is 0 Å². The Morgan fingerprint density at radius 3 is 2.71 bits per heavy atom. The van der Waals surface area contributed by atoms with E-state index in [0.29, 0.717) is 10.7 Å². The molecule has 0 spiro atoms. The highest BCUT2D eigenvalue weighted by Gasteiger charge is 2.13. The molecule has 0 aliphatic carbocycles. The second-order valence-corrected chi connectivity index (χ2v) is 5.04. The average molecular weight is 251 g/mol. The van der Waals surface area contributed by atoms with Gasteiger partial charge in [0.25, 0.3) is 0 Å². The largest absolute Gasteiger partial charge is 0.299 e. The Bertz CT molecular complexity index is 555. The molecule has 92 valence electrons. The van der Waals surface area contributed by atoms with E-state index in [1.165, 1.54) is 0 Å². The van der Waals surface area contributed by atoms with Gasteiger partial charge in [0.15, 0.2) is 10.6 Å². The summed E-state index contributed by atoms with van der Waals surface area (Å²) in [7, 11) is 1.92. The summed E-state index contributed by atoms with van der Waals surface area (Å²) < 4.78 is 4.49. The molecule has 0 fully saturated rings. The smallest absolute Gasteiger partial charge is 0.195 e. The van der Waals surface area contributed by atoms with E-state index in [9.17, 15) is 0 Å². The zero-order chi connectivity index (χ0) is 12.6. The fourth-order valence-corrected chi connectivity index (χ4v) is 1.92. The van der Waals surface area contributed by atoms with Crippen LogP contribution in [-0.2, 0) is 13.6 Å². The maximum Gasteiger partial charge on any atom is 0.195 e. The second kappa shape index (κ2) is 4.44. The van der Waals surface area contributed by atoms with Crippen LogP contribution in [0.2, 0.25) is 0 Å². The Morgan fingerprint density at radius 2 is 2.18 bits per heavy atom. The predicted octanol–water partition coefficient (Wildman–Crippen LogP) is 2.31. The number of nitrogens with zero attached hydrogens (tertiary/aromatic N) is 4. The minimum atomic E-state index is 0.517. The molecule has 0 radical (unpaired) electrons. The second-order valence-electron chi connectivity index (χ2n) is 4.65. The van der Waals surface area contributed by atoms with Gasteiger partial charge in [-0.05, 0) is 31.1 Å². The van der Waals surface area contributed by atoms with Crippen molar-refractivity contribution in [1.29, 1.82) is 0 Å². The zero-order valence-corrected chi connectivity index (χ0v) is 11.4. The Morgan fingerprint density at radius 1 is 1.47 bits per heavy atom. The highest BCUT2D eigenvalue weighted by Crippen LogP contribution is 2.17. The lowest BCUT2D eigenvalue weighted by Crippen LogP contribution is -2.06. The lowest BCUT2D eigenvalue weighted by molar-refractivity contribution is 0.521. The molecule has 0 atom stereocenters. The maximum absolute atomic E-state index is 5.24. The van der Waals surface area contributed by atoms with Gasteiger partial charge in [-0.3, -0.25) is 14.3 Å². The Labute approximate surface area is 105 Å². The third kappa shape index (κ3) is 2.31. The summed E-state index contributed by atoms with van der Waals surface area (Å²) >= 11 is 5.24. The van der Waals surface area contributed by atoms with Crippen LogP contribution in [0.5, 0.6) is 0 Å². The van der Waals surface area contributed by atoms with Crippen LogP contribution < -0.4 is 0 Å². The molecule has 5 nitrogen and oxygen atoms in total. The van der Waals surface area contributed by atoms with E-state index in [1.54, 1.807) is 0 Å². The van der Waals surface area contributed by atoms with Gasteiger partial charge in [0.2, 0.25) is 0 Å². The van der Waals surface area contributed by atoms with E-state index in [0.717, 1.165) is 23.8 Å². The molecule has 2 heterocycles. The van der Waals surface area contributed by atoms with Gasteiger partial charge in [-0.25, -0.2) is 0 Å². The summed E-state index contributed by atoms with van der Waals surface area (Å²) in [4.78, 5) is 0. The van der Waals surface area contributed by atoms with Crippen molar-refractivity contribution in [2.24, 2.45) is 13.0 Å². The lowest BCUT2D eigenvalue weighted by atomic mass is 10.2. The first-order chi connectivity index (χ1) is 7.99. The highest BCUT2D eigenvalue weighted by molar-refractivity contribution is 7.71. The molecule has 0 bridgehead atoms. The molecule has 0 saturated heterocycles. The van der Waals surface area contributed by atoms with E-state index in [4.69, 9.17) is 12.2 Å². The molecule has 6 heteroatoms. The van der Waals surface area contributed by atoms with Crippen LogP contribution in [0.3, 0.4) is 0 Å². The van der Waals surface area contributed by atoms with Crippen molar-refractivity contribution >= 4 is 12.2 Å². The van der Waals surface area contributed by atoms with Crippen LogP contribution in [0, 0.1) is 17.6 Å². The number of aromatic nitrogens is 5. The fourth-order valence-electron chi connectivity index (χ4n) is 1.72. The van der Waals surface area contributed by atoms with E-state index in [2.05, 4.69) is 29.1 Å². The number of hydrogen-bond acceptors (Lipinski definition) is 3. The molecule has 2 rings (SSSR count). The van der Waals surface area contributed by atoms with Crippen molar-refractivity contribution in [2.75, 3.05) is 0 Å². The molecule has 17 heavy (non-hydrogen) atoms. The number of aromatic amines is 1. The molecule has 0 aliphatic rings. The van der Waals surface area contributed by atoms with Crippen molar-refractivity contribution in [2.45, 2.75) is 27.3 Å². The minimum Gasteiger partial charge on any atom is -0.299 e. The first-order valence-electron chi connectivity index (χ1n) is 5.65. The maximum atomic E-state index is 5.24. The van der Waals surface area contributed by atoms with Crippen molar-refractivity contribution in [1.82, 2.24) is 24.5 Å². The SMILES string of the molecule is Cc1cc(-c2n[nH]c(=S)n2CC(C)C)nn1C. The van der Waals surface area contributed by atoms with Gasteiger partial charge in [-0.2, -0.15) is 10.2 Å². The number of hydrogen-bond donors (Lipinski definition) is 1.